The molecule has 1 unspecified atom stereocenters. The predicted octanol–water partition coefficient (Wildman–Crippen LogP) is 2.04. The van der Waals surface area contributed by atoms with E-state index in [-0.39, 0.29) is 0 Å². The van der Waals surface area contributed by atoms with Gasteiger partial charge in [0.2, 0.25) is 6.41 Å². The Labute approximate surface area is 130 Å². The van der Waals surface area contributed by atoms with Gasteiger partial charge in [-0.15, -0.1) is 0 Å². The molecule has 0 saturated heterocycles. The summed E-state index contributed by atoms with van der Waals surface area (Å²) in [6.45, 7) is 2.97. The number of pyridine rings is 1. The molecule has 0 saturated carbocycles. The minimum Gasteiger partial charge on any atom is -0.382 e. The Morgan fingerprint density at radius 2 is 2.00 bits per heavy atom. The first-order valence-electron chi connectivity index (χ1n) is 7.29. The van der Waals surface area contributed by atoms with E-state index in [0.717, 1.165) is 13.0 Å². The summed E-state index contributed by atoms with van der Waals surface area (Å²) in [4.78, 5) is 4.26. The van der Waals surface area contributed by atoms with Gasteiger partial charge in [-0.05, 0) is 31.0 Å². The number of hydrogen-bond donors (Lipinski definition) is 4. The highest BCUT2D eigenvalue weighted by Gasteiger charge is 2.07. The summed E-state index contributed by atoms with van der Waals surface area (Å²) in [6.07, 6.45) is -0.183. The number of rotatable bonds is 8. The zero-order valence-electron chi connectivity index (χ0n) is 12.6. The molecule has 6 heteroatoms. The molecular weight excluding hydrogens is 280 g/mol. The van der Waals surface area contributed by atoms with Crippen LogP contribution in [0.4, 0.5) is 17.3 Å². The van der Waals surface area contributed by atoms with Gasteiger partial charge in [0.1, 0.15) is 11.6 Å². The molecule has 2 rings (SSSR count). The minimum atomic E-state index is -1.09. The van der Waals surface area contributed by atoms with E-state index in [0.29, 0.717) is 23.9 Å². The molecule has 5 N–H and O–H groups in total. The topological polar surface area (TPSA) is 92.4 Å². The molecule has 1 aromatic heterocycles. The molecular formula is C16H22N4O2. The van der Waals surface area contributed by atoms with Crippen LogP contribution in [0.5, 0.6) is 0 Å². The molecule has 1 atom stereocenters. The molecule has 1 aromatic carbocycles. The second-order valence-corrected chi connectivity index (χ2v) is 4.74. The molecule has 0 spiro atoms. The average Bonchev–Trinajstić information content (AvgIpc) is 2.51. The molecule has 0 aliphatic heterocycles. The van der Waals surface area contributed by atoms with Crippen molar-refractivity contribution >= 4 is 17.3 Å². The quantitative estimate of drug-likeness (QED) is 0.558. The SMILES string of the molecule is CCOC(O)Nc1ccc(NCCc2ccccc2)nc1N. The summed E-state index contributed by atoms with van der Waals surface area (Å²) in [5.41, 5.74) is 7.67. The standard InChI is InChI=1S/C16H22N4O2/c1-2-22-16(21)19-13-8-9-14(20-15(13)17)18-11-10-12-6-4-3-5-7-12/h3-9,16,19,21H,2,10-11H2,1H3,(H3,17,18,20). The second kappa shape index (κ2) is 8.21. The molecule has 0 aliphatic carbocycles. The van der Waals surface area contributed by atoms with Crippen molar-refractivity contribution in [2.45, 2.75) is 19.8 Å². The van der Waals surface area contributed by atoms with Crippen LogP contribution in [-0.4, -0.2) is 29.7 Å². The number of aliphatic hydroxyl groups is 1. The van der Waals surface area contributed by atoms with Gasteiger partial charge in [-0.1, -0.05) is 30.3 Å². The number of benzene rings is 1. The lowest BCUT2D eigenvalue weighted by Gasteiger charge is -2.15. The average molecular weight is 302 g/mol. The van der Waals surface area contributed by atoms with Crippen LogP contribution in [0.15, 0.2) is 42.5 Å². The number of aliphatic hydroxyl groups excluding tert-OH is 1. The third kappa shape index (κ3) is 4.91. The third-order valence-corrected chi connectivity index (χ3v) is 3.09. The van der Waals surface area contributed by atoms with E-state index in [4.69, 9.17) is 10.5 Å². The smallest absolute Gasteiger partial charge is 0.235 e. The maximum atomic E-state index is 9.53. The Morgan fingerprint density at radius 3 is 2.68 bits per heavy atom. The van der Waals surface area contributed by atoms with Crippen molar-refractivity contribution in [1.29, 1.82) is 0 Å². The second-order valence-electron chi connectivity index (χ2n) is 4.74. The van der Waals surface area contributed by atoms with E-state index in [2.05, 4.69) is 27.8 Å². The van der Waals surface area contributed by atoms with Crippen molar-refractivity contribution in [1.82, 2.24) is 4.98 Å². The monoisotopic (exact) mass is 302 g/mol. The fourth-order valence-electron chi connectivity index (χ4n) is 2.01. The fourth-order valence-corrected chi connectivity index (χ4v) is 2.01. The van der Waals surface area contributed by atoms with Gasteiger partial charge in [-0.2, -0.15) is 0 Å². The summed E-state index contributed by atoms with van der Waals surface area (Å²) < 4.78 is 4.99. The van der Waals surface area contributed by atoms with Gasteiger partial charge in [0, 0.05) is 13.2 Å². The number of nitrogens with one attached hydrogen (secondary N) is 2. The summed E-state index contributed by atoms with van der Waals surface area (Å²) in [6, 6.07) is 13.8. The number of nitrogens with two attached hydrogens (primary N) is 1. The molecule has 0 bridgehead atoms. The molecule has 0 aliphatic rings. The number of aromatic nitrogens is 1. The van der Waals surface area contributed by atoms with Crippen LogP contribution in [0, 0.1) is 0 Å². The van der Waals surface area contributed by atoms with Crippen LogP contribution in [0.3, 0.4) is 0 Å². The maximum Gasteiger partial charge on any atom is 0.235 e. The Kier molecular flexibility index (Phi) is 6.00. The van der Waals surface area contributed by atoms with Crippen molar-refractivity contribution in [2.24, 2.45) is 0 Å². The Bertz CT molecular complexity index is 578. The van der Waals surface area contributed by atoms with Crippen molar-refractivity contribution in [2.75, 3.05) is 29.5 Å². The van der Waals surface area contributed by atoms with Crippen LogP contribution >= 0.6 is 0 Å². The lowest BCUT2D eigenvalue weighted by atomic mass is 10.1. The predicted molar refractivity (Wildman–Crippen MR) is 88.5 cm³/mol. The van der Waals surface area contributed by atoms with Crippen LogP contribution < -0.4 is 16.4 Å². The van der Waals surface area contributed by atoms with Crippen molar-refractivity contribution in [3.8, 4) is 0 Å². The van der Waals surface area contributed by atoms with Gasteiger partial charge >= 0.3 is 0 Å². The summed E-state index contributed by atoms with van der Waals surface area (Å²) in [5, 5.41) is 15.5. The largest absolute Gasteiger partial charge is 0.382 e. The summed E-state index contributed by atoms with van der Waals surface area (Å²) in [7, 11) is 0. The Hall–Kier alpha value is -2.31. The van der Waals surface area contributed by atoms with Crippen LogP contribution in [-0.2, 0) is 11.2 Å². The fraction of sp³-hybridized carbons (Fsp3) is 0.312. The van der Waals surface area contributed by atoms with Crippen molar-refractivity contribution < 1.29 is 9.84 Å². The molecule has 0 radical (unpaired) electrons. The number of nitrogens with zero attached hydrogens (tertiary/aromatic N) is 1. The zero-order chi connectivity index (χ0) is 15.8. The summed E-state index contributed by atoms with van der Waals surface area (Å²) in [5.74, 6) is 1.01. The van der Waals surface area contributed by atoms with Gasteiger partial charge in [0.15, 0.2) is 0 Å². The highest BCUT2D eigenvalue weighted by molar-refractivity contribution is 5.64. The van der Waals surface area contributed by atoms with E-state index >= 15 is 0 Å². The molecule has 6 nitrogen and oxygen atoms in total. The van der Waals surface area contributed by atoms with Gasteiger partial charge in [-0.25, -0.2) is 4.98 Å². The Balaban J connectivity index is 1.86. The van der Waals surface area contributed by atoms with Crippen molar-refractivity contribution in [3.63, 3.8) is 0 Å². The van der Waals surface area contributed by atoms with E-state index in [1.807, 2.05) is 24.3 Å². The van der Waals surface area contributed by atoms with Crippen molar-refractivity contribution in [3.05, 3.63) is 48.0 Å². The third-order valence-electron chi connectivity index (χ3n) is 3.09. The lowest BCUT2D eigenvalue weighted by molar-refractivity contribution is -0.0730. The van der Waals surface area contributed by atoms with Gasteiger partial charge in [0.25, 0.3) is 0 Å². The maximum absolute atomic E-state index is 9.53. The normalized spacial score (nSPS) is 11.9. The highest BCUT2D eigenvalue weighted by atomic mass is 16.6. The van der Waals surface area contributed by atoms with Crippen LogP contribution in [0.2, 0.25) is 0 Å². The lowest BCUT2D eigenvalue weighted by Crippen LogP contribution is -2.23. The minimum absolute atomic E-state index is 0.309. The molecule has 0 amide bonds. The van der Waals surface area contributed by atoms with Crippen LogP contribution in [0.1, 0.15) is 12.5 Å². The first-order chi connectivity index (χ1) is 10.7. The first-order valence-corrected chi connectivity index (χ1v) is 7.29. The van der Waals surface area contributed by atoms with Crippen LogP contribution in [0.25, 0.3) is 0 Å². The van der Waals surface area contributed by atoms with Gasteiger partial charge < -0.3 is 26.2 Å². The Morgan fingerprint density at radius 1 is 1.23 bits per heavy atom. The molecule has 0 fully saturated rings. The van der Waals surface area contributed by atoms with E-state index < -0.39 is 6.41 Å². The summed E-state index contributed by atoms with van der Waals surface area (Å²) >= 11 is 0. The molecule has 22 heavy (non-hydrogen) atoms. The highest BCUT2D eigenvalue weighted by Crippen LogP contribution is 2.19. The van der Waals surface area contributed by atoms with E-state index in [1.54, 1.807) is 13.0 Å². The molecule has 118 valence electrons. The molecule has 2 aromatic rings. The van der Waals surface area contributed by atoms with E-state index in [9.17, 15) is 5.11 Å². The number of ether oxygens (including phenoxy) is 1. The van der Waals surface area contributed by atoms with Gasteiger partial charge in [0.05, 0.1) is 5.69 Å². The first kappa shape index (κ1) is 16.1. The number of anilines is 3. The zero-order valence-corrected chi connectivity index (χ0v) is 12.6. The van der Waals surface area contributed by atoms with E-state index in [1.165, 1.54) is 5.56 Å². The number of hydrogen-bond acceptors (Lipinski definition) is 6. The molecule has 1 heterocycles. The van der Waals surface area contributed by atoms with Gasteiger partial charge in [-0.3, -0.25) is 0 Å². The number of nitrogen functional groups attached to an aromatic ring is 1.